The lowest BCUT2D eigenvalue weighted by Crippen LogP contribution is -2.45. The molecule has 1 amide bonds. The summed E-state index contributed by atoms with van der Waals surface area (Å²) in [5.74, 6) is 0.536. The van der Waals surface area contributed by atoms with E-state index in [4.69, 9.17) is 6.57 Å². The van der Waals surface area contributed by atoms with Gasteiger partial charge in [-0.2, -0.15) is 18.3 Å². The van der Waals surface area contributed by atoms with Crippen molar-refractivity contribution in [3.63, 3.8) is 0 Å². The van der Waals surface area contributed by atoms with Gasteiger partial charge in [0.2, 0.25) is 0 Å². The molecule has 0 radical (unpaired) electrons. The number of hydrogen-bond acceptors (Lipinski definition) is 6. The van der Waals surface area contributed by atoms with Crippen LogP contribution in [0.5, 0.6) is 0 Å². The standard InChI is InChI=1S/C32H34F3N7O2.C6H6O3S/c1-21-29(28-17-18-37-41(28)26-15-13-24(36-2)14-16-26)40(30(43)38-25-11-9-22(10-12-25)20-42(3,4)5)31(44)39(21)27-8-6-7-23(19-27)32(33,34)35;7-10(8,9)6-4-2-1-3-5-6/h6-8,13-19,22,25H,9-12,20H2,1,3-5H3;1-5H,(H,7,8,9). The van der Waals surface area contributed by atoms with E-state index in [-0.39, 0.29) is 28.0 Å². The average molecular weight is 764 g/mol. The molecule has 5 aromatic rings. The highest BCUT2D eigenvalue weighted by Gasteiger charge is 2.33. The van der Waals surface area contributed by atoms with Gasteiger partial charge in [-0.15, -0.1) is 0 Å². The Balaban J connectivity index is 0.000000486. The monoisotopic (exact) mass is 763 g/mol. The zero-order chi connectivity index (χ0) is 39.4. The predicted molar refractivity (Wildman–Crippen MR) is 196 cm³/mol. The molecule has 0 atom stereocenters. The maximum absolute atomic E-state index is 14.0. The third-order valence-electron chi connectivity index (χ3n) is 9.04. The molecular formula is C38H40F3N7O5S. The second kappa shape index (κ2) is 15.8. The first kappa shape index (κ1) is 39.7. The number of benzene rings is 3. The number of imidazole rings is 1. The van der Waals surface area contributed by atoms with E-state index in [1.807, 2.05) is 0 Å². The summed E-state index contributed by atoms with van der Waals surface area (Å²) in [4.78, 5) is 31.1. The minimum absolute atomic E-state index is 0.0107. The van der Waals surface area contributed by atoms with Crippen LogP contribution in [0.25, 0.3) is 27.6 Å². The van der Waals surface area contributed by atoms with Crippen LogP contribution < -0.4 is 11.0 Å². The highest BCUT2D eigenvalue weighted by atomic mass is 32.2. The van der Waals surface area contributed by atoms with E-state index >= 15 is 0 Å². The highest BCUT2D eigenvalue weighted by Crippen LogP contribution is 2.33. The Morgan fingerprint density at radius 3 is 2.17 bits per heavy atom. The van der Waals surface area contributed by atoms with Crippen molar-refractivity contribution in [2.45, 2.75) is 49.7 Å². The summed E-state index contributed by atoms with van der Waals surface area (Å²) in [6.07, 6.45) is 0.316. The van der Waals surface area contributed by atoms with Crippen LogP contribution in [-0.2, 0) is 16.3 Å². The number of aromatic nitrogens is 4. The number of halogens is 3. The minimum atomic E-state index is -4.61. The third-order valence-corrected chi connectivity index (χ3v) is 9.89. The first-order chi connectivity index (χ1) is 25.4. The molecule has 0 saturated heterocycles. The fourth-order valence-corrected chi connectivity index (χ4v) is 7.16. The number of nitrogens with one attached hydrogen (secondary N) is 1. The summed E-state index contributed by atoms with van der Waals surface area (Å²) in [7, 11) is 2.21. The van der Waals surface area contributed by atoms with Crippen molar-refractivity contribution in [2.75, 3.05) is 27.7 Å². The topological polar surface area (TPSA) is 135 Å². The number of amides is 1. The van der Waals surface area contributed by atoms with Crippen LogP contribution in [0.4, 0.5) is 23.7 Å². The number of rotatable bonds is 7. The normalized spacial score (nSPS) is 16.2. The fraction of sp³-hybridized carbons (Fsp3) is 0.316. The number of alkyl halides is 3. The van der Waals surface area contributed by atoms with Gasteiger partial charge in [0.1, 0.15) is 15.8 Å². The lowest BCUT2D eigenvalue weighted by molar-refractivity contribution is -0.874. The van der Waals surface area contributed by atoms with Gasteiger partial charge in [-0.05, 0) is 81.1 Å². The van der Waals surface area contributed by atoms with Gasteiger partial charge in [-0.1, -0.05) is 36.4 Å². The van der Waals surface area contributed by atoms with Crippen LogP contribution in [0.2, 0.25) is 0 Å². The second-order valence-corrected chi connectivity index (χ2v) is 15.5. The van der Waals surface area contributed by atoms with E-state index in [0.29, 0.717) is 23.0 Å². The molecule has 0 aliphatic heterocycles. The van der Waals surface area contributed by atoms with Gasteiger partial charge in [0, 0.05) is 12.0 Å². The Kier molecular flexibility index (Phi) is 11.7. The molecule has 6 rings (SSSR count). The molecule has 0 bridgehead atoms. The zero-order valence-electron chi connectivity index (χ0n) is 30.1. The van der Waals surface area contributed by atoms with Crippen molar-refractivity contribution in [1.82, 2.24) is 24.2 Å². The van der Waals surface area contributed by atoms with E-state index in [9.17, 15) is 35.7 Å². The SMILES string of the molecule is O=S(=O)([O-])c1ccccc1.[C-]#[N+]c1ccc(-n2nccc2-c2c(C)n(-c3cccc(C(F)(F)F)c3)c(=O)n2C(=O)NC2CCC(C[N+](C)(C)C)CC2)cc1. The van der Waals surface area contributed by atoms with Crippen LogP contribution >= 0.6 is 0 Å². The van der Waals surface area contributed by atoms with Crippen molar-refractivity contribution >= 4 is 21.8 Å². The molecule has 0 unspecified atom stereocenters. The zero-order valence-corrected chi connectivity index (χ0v) is 30.9. The average Bonchev–Trinajstić information content (AvgIpc) is 3.70. The van der Waals surface area contributed by atoms with E-state index in [1.54, 1.807) is 43.3 Å². The lowest BCUT2D eigenvalue weighted by Gasteiger charge is -2.34. The molecule has 1 fully saturated rings. The van der Waals surface area contributed by atoms with Crippen LogP contribution in [0, 0.1) is 19.4 Å². The number of quaternary nitrogens is 1. The molecule has 2 heterocycles. The Bertz CT molecular complexity index is 2310. The van der Waals surface area contributed by atoms with Gasteiger partial charge in [0.15, 0.2) is 5.69 Å². The first-order valence-corrected chi connectivity index (χ1v) is 18.4. The van der Waals surface area contributed by atoms with Gasteiger partial charge >= 0.3 is 17.9 Å². The molecule has 1 saturated carbocycles. The van der Waals surface area contributed by atoms with Crippen LogP contribution in [0.15, 0.2) is 101 Å². The summed E-state index contributed by atoms with van der Waals surface area (Å²) in [6.45, 7) is 9.86. The van der Waals surface area contributed by atoms with Gasteiger partial charge in [0.05, 0.1) is 73.7 Å². The molecule has 284 valence electrons. The highest BCUT2D eigenvalue weighted by molar-refractivity contribution is 7.85. The van der Waals surface area contributed by atoms with E-state index in [0.717, 1.165) is 58.0 Å². The minimum Gasteiger partial charge on any atom is -0.744 e. The number of nitrogens with zero attached hydrogens (tertiary/aromatic N) is 6. The van der Waals surface area contributed by atoms with Crippen molar-refractivity contribution in [3.05, 3.63) is 124 Å². The van der Waals surface area contributed by atoms with Crippen molar-refractivity contribution < 1.29 is 35.4 Å². The smallest absolute Gasteiger partial charge is 0.416 e. The van der Waals surface area contributed by atoms with Gasteiger partial charge in [-0.25, -0.2) is 32.1 Å². The van der Waals surface area contributed by atoms with Gasteiger partial charge in [-0.3, -0.25) is 4.57 Å². The second-order valence-electron chi connectivity index (χ2n) is 14.1. The summed E-state index contributed by atoms with van der Waals surface area (Å²) in [6, 6.07) is 19.2. The van der Waals surface area contributed by atoms with E-state index in [1.165, 1.54) is 47.3 Å². The quantitative estimate of drug-likeness (QED) is 0.110. The van der Waals surface area contributed by atoms with Gasteiger partial charge < -0.3 is 14.4 Å². The van der Waals surface area contributed by atoms with Crippen LogP contribution in [-0.4, -0.2) is 76.1 Å². The first-order valence-electron chi connectivity index (χ1n) is 17.0. The maximum Gasteiger partial charge on any atom is 0.416 e. The fourth-order valence-electron chi connectivity index (χ4n) is 6.67. The number of hydrogen-bond donors (Lipinski definition) is 1. The van der Waals surface area contributed by atoms with E-state index in [2.05, 4.69) is 36.4 Å². The summed E-state index contributed by atoms with van der Waals surface area (Å²) >= 11 is 0. The largest absolute Gasteiger partial charge is 0.744 e. The van der Waals surface area contributed by atoms with Crippen LogP contribution in [0.1, 0.15) is 36.9 Å². The Labute approximate surface area is 311 Å². The molecule has 16 heteroatoms. The van der Waals surface area contributed by atoms with E-state index < -0.39 is 33.6 Å². The van der Waals surface area contributed by atoms with Crippen molar-refractivity contribution in [1.29, 1.82) is 0 Å². The molecule has 0 spiro atoms. The number of carbonyl (C=O) groups excluding carboxylic acids is 1. The van der Waals surface area contributed by atoms with Crippen LogP contribution in [0.3, 0.4) is 0 Å². The molecule has 2 aromatic heterocycles. The molecular weight excluding hydrogens is 724 g/mol. The van der Waals surface area contributed by atoms with Crippen molar-refractivity contribution in [2.24, 2.45) is 5.92 Å². The Morgan fingerprint density at radius 2 is 1.61 bits per heavy atom. The lowest BCUT2D eigenvalue weighted by atomic mass is 9.85. The molecule has 1 aliphatic rings. The molecule has 1 aliphatic carbocycles. The summed E-state index contributed by atoms with van der Waals surface area (Å²) < 4.78 is 76.2. The molecule has 12 nitrogen and oxygen atoms in total. The number of carbonyl (C=O) groups is 1. The Morgan fingerprint density at radius 1 is 0.963 bits per heavy atom. The molecule has 54 heavy (non-hydrogen) atoms. The van der Waals surface area contributed by atoms with Crippen molar-refractivity contribution in [3.8, 4) is 22.8 Å². The molecule has 1 N–H and O–H groups in total. The summed E-state index contributed by atoms with van der Waals surface area (Å²) in [5, 5.41) is 7.43. The van der Waals surface area contributed by atoms with Gasteiger partial charge in [0.25, 0.3) is 0 Å². The Hall–Kier alpha value is -5.50. The maximum atomic E-state index is 14.0. The third kappa shape index (κ3) is 9.34. The summed E-state index contributed by atoms with van der Waals surface area (Å²) in [5.41, 5.74) is 0.178. The predicted octanol–water partition coefficient (Wildman–Crippen LogP) is 6.78. The molecule has 3 aromatic carbocycles.